The summed E-state index contributed by atoms with van der Waals surface area (Å²) in [5.74, 6) is 3.27. The average Bonchev–Trinajstić information content (AvgIpc) is 2.22. The van der Waals surface area contributed by atoms with Crippen molar-refractivity contribution in [3.8, 4) is 11.5 Å². The molecule has 0 aromatic rings. The molecule has 0 radical (unpaired) electrons. The molecule has 0 amide bonds. The Bertz CT molecular complexity index is 378. The monoisotopic (exact) mass is 312 g/mol. The second-order valence-electron chi connectivity index (χ2n) is 7.92. The summed E-state index contributed by atoms with van der Waals surface area (Å²) in [5.41, 5.74) is 3.37. The first-order valence-electron chi connectivity index (χ1n) is 7.29. The maximum atomic E-state index is 9.82. The molecule has 0 spiro atoms. The molecule has 0 saturated carbocycles. The Morgan fingerprint density at radius 2 is 1.70 bits per heavy atom. The van der Waals surface area contributed by atoms with Crippen molar-refractivity contribution < 1.29 is 9.53 Å². The fourth-order valence-corrected chi connectivity index (χ4v) is 3.10. The van der Waals surface area contributed by atoms with E-state index in [-0.39, 0.29) is 11.1 Å². The quantitative estimate of drug-likeness (QED) is 0.468. The summed E-state index contributed by atoms with van der Waals surface area (Å²) < 4.78 is 6.35. The van der Waals surface area contributed by atoms with E-state index in [1.165, 1.54) is 0 Å². The molecule has 0 bridgehead atoms. The molecule has 0 aliphatic carbocycles. The summed E-state index contributed by atoms with van der Waals surface area (Å²) in [6.45, 7) is 21.4. The Balaban J connectivity index is 5.13. The lowest BCUT2D eigenvalue weighted by Crippen LogP contribution is -2.44. The van der Waals surface area contributed by atoms with E-state index in [4.69, 9.17) is 4.43 Å². The van der Waals surface area contributed by atoms with Crippen molar-refractivity contribution >= 4 is 16.4 Å². The summed E-state index contributed by atoms with van der Waals surface area (Å²) in [7, 11) is -3.31. The first-order chi connectivity index (χ1) is 8.78. The highest BCUT2D eigenvalue weighted by Gasteiger charge is 2.39. The zero-order valence-electron chi connectivity index (χ0n) is 14.5. The van der Waals surface area contributed by atoms with Crippen LogP contribution < -0.4 is 0 Å². The van der Waals surface area contributed by atoms with Gasteiger partial charge in [-0.15, -0.1) is 12.1 Å². The number of rotatable bonds is 5. The van der Waals surface area contributed by atoms with Crippen LogP contribution in [0.25, 0.3) is 0 Å². The van der Waals surface area contributed by atoms with Crippen LogP contribution in [0.5, 0.6) is 0 Å². The predicted octanol–water partition coefficient (Wildman–Crippen LogP) is 4.19. The molecule has 0 fully saturated rings. The number of aliphatic hydroxyl groups excluding tert-OH is 1. The van der Waals surface area contributed by atoms with Gasteiger partial charge in [-0.1, -0.05) is 52.4 Å². The molecule has 2 atom stereocenters. The molecule has 1 N–H and O–H groups in total. The molecule has 0 aliphatic heterocycles. The molecule has 0 aromatic heterocycles. The van der Waals surface area contributed by atoms with Gasteiger partial charge in [-0.05, 0) is 18.1 Å². The molecule has 0 aromatic carbocycles. The topological polar surface area (TPSA) is 29.5 Å². The van der Waals surface area contributed by atoms with Gasteiger partial charge in [-0.3, -0.25) is 0 Å². The first-order valence-corrected chi connectivity index (χ1v) is 13.7. The highest BCUT2D eigenvalue weighted by Crippen LogP contribution is 2.37. The minimum absolute atomic E-state index is 0.144. The highest BCUT2D eigenvalue weighted by molar-refractivity contribution is 6.83. The first kappa shape index (κ1) is 19.7. The normalized spacial score (nSPS) is 16.1. The van der Waals surface area contributed by atoms with Gasteiger partial charge < -0.3 is 9.53 Å². The molecule has 0 heterocycles. The van der Waals surface area contributed by atoms with Crippen LogP contribution in [0.4, 0.5) is 0 Å². The third kappa shape index (κ3) is 7.44. The third-order valence-electron chi connectivity index (χ3n) is 3.58. The van der Waals surface area contributed by atoms with Crippen LogP contribution in [0.1, 0.15) is 27.2 Å². The molecule has 0 aliphatic rings. The Kier molecular flexibility index (Phi) is 6.96. The molecule has 0 unspecified atom stereocenters. The van der Waals surface area contributed by atoms with Crippen molar-refractivity contribution in [2.75, 3.05) is 0 Å². The fraction of sp³-hybridized carbons (Fsp3) is 0.750. The number of aliphatic hydroxyl groups is 1. The van der Waals surface area contributed by atoms with Crippen molar-refractivity contribution in [2.45, 2.75) is 77.2 Å². The van der Waals surface area contributed by atoms with E-state index < -0.39 is 22.5 Å². The van der Waals surface area contributed by atoms with Crippen molar-refractivity contribution in [3.63, 3.8) is 0 Å². The summed E-state index contributed by atoms with van der Waals surface area (Å²) in [6, 6.07) is 0. The molecule has 0 saturated heterocycles. The van der Waals surface area contributed by atoms with Crippen LogP contribution >= 0.6 is 0 Å². The van der Waals surface area contributed by atoms with Crippen LogP contribution in [0.2, 0.25) is 37.8 Å². The summed E-state index contributed by atoms with van der Waals surface area (Å²) in [6.07, 6.45) is 1.31. The molecular weight excluding hydrogens is 280 g/mol. The molecular formula is C16H32O2Si2. The van der Waals surface area contributed by atoms with E-state index >= 15 is 0 Å². The molecule has 2 nitrogen and oxygen atoms in total. The third-order valence-corrected chi connectivity index (χ3v) is 8.96. The van der Waals surface area contributed by atoms with E-state index in [2.05, 4.69) is 71.5 Å². The minimum Gasteiger partial charge on any atom is -0.403 e. The van der Waals surface area contributed by atoms with E-state index in [0.717, 1.165) is 0 Å². The Labute approximate surface area is 127 Å². The van der Waals surface area contributed by atoms with E-state index in [9.17, 15) is 5.11 Å². The van der Waals surface area contributed by atoms with Crippen molar-refractivity contribution in [2.24, 2.45) is 0 Å². The smallest absolute Gasteiger partial charge is 0.193 e. The number of hydrogen-bond donors (Lipinski definition) is 1. The summed E-state index contributed by atoms with van der Waals surface area (Å²) in [5, 5.41) is 9.96. The van der Waals surface area contributed by atoms with Gasteiger partial charge in [0.15, 0.2) is 8.32 Å². The number of hydrogen-bond acceptors (Lipinski definition) is 2. The van der Waals surface area contributed by atoms with Gasteiger partial charge in [0.2, 0.25) is 0 Å². The fourth-order valence-electron chi connectivity index (χ4n) is 1.28. The highest BCUT2D eigenvalue weighted by atomic mass is 28.4. The Morgan fingerprint density at radius 1 is 1.20 bits per heavy atom. The van der Waals surface area contributed by atoms with Crippen molar-refractivity contribution in [3.05, 3.63) is 12.7 Å². The van der Waals surface area contributed by atoms with Crippen LogP contribution in [0.15, 0.2) is 12.7 Å². The predicted molar refractivity (Wildman–Crippen MR) is 94.0 cm³/mol. The van der Waals surface area contributed by atoms with Gasteiger partial charge in [-0.2, -0.15) is 0 Å². The van der Waals surface area contributed by atoms with Crippen LogP contribution in [-0.2, 0) is 4.43 Å². The van der Waals surface area contributed by atoms with Gasteiger partial charge in [0.25, 0.3) is 0 Å². The standard InChI is InChI=1S/C16H32O2Si2/c1-10-14(17)13-15(11-12-19(5,6)7)18-20(8,9)16(2,3)4/h10,14-15,17H,1,13H2,2-9H3/t14-,15+/m1/s1. The zero-order valence-corrected chi connectivity index (χ0v) is 16.5. The lowest BCUT2D eigenvalue weighted by Gasteiger charge is -2.38. The van der Waals surface area contributed by atoms with Gasteiger partial charge in [-0.25, -0.2) is 0 Å². The lowest BCUT2D eigenvalue weighted by molar-refractivity contribution is 0.142. The Hall–Kier alpha value is -0.346. The average molecular weight is 313 g/mol. The van der Waals surface area contributed by atoms with Gasteiger partial charge in [0.05, 0.1) is 6.10 Å². The SMILES string of the molecule is C=C[C@@H](O)C[C@H](C#C[Si](C)(C)C)O[Si](C)(C)C(C)(C)C. The molecule has 4 heteroatoms. The summed E-state index contributed by atoms with van der Waals surface area (Å²) >= 11 is 0. The lowest BCUT2D eigenvalue weighted by atomic mass is 10.2. The van der Waals surface area contributed by atoms with Crippen molar-refractivity contribution in [1.29, 1.82) is 0 Å². The van der Waals surface area contributed by atoms with Gasteiger partial charge in [0.1, 0.15) is 14.2 Å². The van der Waals surface area contributed by atoms with Gasteiger partial charge >= 0.3 is 0 Å². The van der Waals surface area contributed by atoms with Crippen molar-refractivity contribution in [1.82, 2.24) is 0 Å². The van der Waals surface area contributed by atoms with Crippen LogP contribution in [0, 0.1) is 11.5 Å². The van der Waals surface area contributed by atoms with E-state index in [1.54, 1.807) is 6.08 Å². The van der Waals surface area contributed by atoms with E-state index in [1.807, 2.05) is 0 Å². The maximum Gasteiger partial charge on any atom is 0.193 e. The van der Waals surface area contributed by atoms with Crippen LogP contribution in [-0.4, -0.2) is 33.7 Å². The molecule has 20 heavy (non-hydrogen) atoms. The molecule has 0 rings (SSSR count). The minimum atomic E-state index is -1.88. The zero-order chi connectivity index (χ0) is 16.2. The largest absolute Gasteiger partial charge is 0.403 e. The second-order valence-corrected chi connectivity index (χ2v) is 17.4. The maximum absolute atomic E-state index is 9.82. The van der Waals surface area contributed by atoms with Crippen LogP contribution in [0.3, 0.4) is 0 Å². The van der Waals surface area contributed by atoms with E-state index in [0.29, 0.717) is 6.42 Å². The Morgan fingerprint density at radius 3 is 2.05 bits per heavy atom. The molecule has 116 valence electrons. The summed E-state index contributed by atoms with van der Waals surface area (Å²) in [4.78, 5) is 0. The second kappa shape index (κ2) is 7.08. The van der Waals surface area contributed by atoms with Gasteiger partial charge in [0, 0.05) is 6.42 Å².